The zero-order valence-electron chi connectivity index (χ0n) is 16.1. The van der Waals surface area contributed by atoms with Crippen molar-refractivity contribution in [2.75, 3.05) is 13.3 Å². The number of rotatable bonds is 2. The van der Waals surface area contributed by atoms with E-state index in [0.29, 0.717) is 24.5 Å². The Labute approximate surface area is 166 Å². The van der Waals surface area contributed by atoms with E-state index in [2.05, 4.69) is 0 Å². The molecule has 3 atom stereocenters. The van der Waals surface area contributed by atoms with Crippen LogP contribution in [-0.4, -0.2) is 54.1 Å². The van der Waals surface area contributed by atoms with Gasteiger partial charge in [-0.2, -0.15) is 0 Å². The SMILES string of the molecule is CC(=O)O[C@@H]1C(=O)N2CC[C@@H](C(=O)C[C@H]1OC(C)=O)c1cc3c(cc1C2)OCO3. The molecule has 9 nitrogen and oxygen atoms in total. The fourth-order valence-electron chi connectivity index (χ4n) is 4.12. The first-order chi connectivity index (χ1) is 13.8. The molecular weight excluding hydrogens is 382 g/mol. The molecule has 3 aliphatic heterocycles. The summed E-state index contributed by atoms with van der Waals surface area (Å²) in [6.07, 6.45) is -2.35. The fraction of sp³-hybridized carbons (Fsp3) is 0.500. The lowest BCUT2D eigenvalue weighted by Crippen LogP contribution is -2.48. The van der Waals surface area contributed by atoms with Crippen molar-refractivity contribution in [1.82, 2.24) is 4.90 Å². The van der Waals surface area contributed by atoms with Gasteiger partial charge in [-0.15, -0.1) is 0 Å². The number of carbonyl (C=O) groups is 4. The summed E-state index contributed by atoms with van der Waals surface area (Å²) in [5, 5.41) is 0. The Morgan fingerprint density at radius 2 is 1.76 bits per heavy atom. The highest BCUT2D eigenvalue weighted by Crippen LogP contribution is 2.41. The predicted octanol–water partition coefficient (Wildman–Crippen LogP) is 1.07. The molecule has 3 aliphatic rings. The number of benzene rings is 1. The van der Waals surface area contributed by atoms with E-state index in [1.165, 1.54) is 18.7 Å². The minimum absolute atomic E-state index is 0.0997. The van der Waals surface area contributed by atoms with E-state index in [1.54, 1.807) is 12.1 Å². The van der Waals surface area contributed by atoms with Crippen molar-refractivity contribution in [3.63, 3.8) is 0 Å². The predicted molar refractivity (Wildman–Crippen MR) is 96.1 cm³/mol. The van der Waals surface area contributed by atoms with Crippen LogP contribution in [0.3, 0.4) is 0 Å². The van der Waals surface area contributed by atoms with Crippen molar-refractivity contribution in [2.45, 2.75) is 51.4 Å². The van der Waals surface area contributed by atoms with E-state index in [0.717, 1.165) is 11.1 Å². The first-order valence-corrected chi connectivity index (χ1v) is 9.42. The second-order valence-corrected chi connectivity index (χ2v) is 7.35. The molecule has 0 saturated carbocycles. The number of ketones is 1. The third kappa shape index (κ3) is 3.64. The average molecular weight is 403 g/mol. The molecule has 9 heteroatoms. The van der Waals surface area contributed by atoms with Gasteiger partial charge in [0.1, 0.15) is 5.78 Å². The molecule has 0 aliphatic carbocycles. The third-order valence-electron chi connectivity index (χ3n) is 5.35. The van der Waals surface area contributed by atoms with Gasteiger partial charge in [-0.1, -0.05) is 0 Å². The Morgan fingerprint density at radius 3 is 2.45 bits per heavy atom. The lowest BCUT2D eigenvalue weighted by molar-refractivity contribution is -0.175. The number of Topliss-reactive ketones (excluding diaryl/α,β-unsaturated/α-hetero) is 1. The van der Waals surface area contributed by atoms with E-state index in [-0.39, 0.29) is 25.5 Å². The number of amides is 1. The van der Waals surface area contributed by atoms with Crippen LogP contribution < -0.4 is 9.47 Å². The Balaban J connectivity index is 1.78. The minimum atomic E-state index is -1.37. The molecule has 154 valence electrons. The maximum absolute atomic E-state index is 13.2. The summed E-state index contributed by atoms with van der Waals surface area (Å²) in [6, 6.07) is 3.58. The van der Waals surface area contributed by atoms with Gasteiger partial charge in [-0.25, -0.2) is 0 Å². The number of esters is 2. The maximum Gasteiger partial charge on any atom is 0.303 e. The van der Waals surface area contributed by atoms with Gasteiger partial charge in [0, 0.05) is 39.3 Å². The lowest BCUT2D eigenvalue weighted by Gasteiger charge is -2.30. The van der Waals surface area contributed by atoms with Gasteiger partial charge >= 0.3 is 11.9 Å². The third-order valence-corrected chi connectivity index (χ3v) is 5.35. The molecule has 3 heterocycles. The topological polar surface area (TPSA) is 108 Å². The van der Waals surface area contributed by atoms with E-state index in [1.807, 2.05) is 0 Å². The van der Waals surface area contributed by atoms with E-state index >= 15 is 0 Å². The van der Waals surface area contributed by atoms with Gasteiger partial charge in [0.25, 0.3) is 5.91 Å². The molecule has 1 saturated heterocycles. The van der Waals surface area contributed by atoms with E-state index < -0.39 is 36.0 Å². The van der Waals surface area contributed by atoms with Crippen LogP contribution in [0.25, 0.3) is 0 Å². The van der Waals surface area contributed by atoms with Crippen LogP contribution in [0.15, 0.2) is 12.1 Å². The number of hydrogen-bond donors (Lipinski definition) is 0. The molecule has 0 aromatic heterocycles. The molecule has 0 N–H and O–H groups in total. The van der Waals surface area contributed by atoms with Crippen LogP contribution in [0, 0.1) is 0 Å². The molecule has 0 radical (unpaired) electrons. The molecule has 1 aromatic rings. The number of nitrogens with zero attached hydrogens (tertiary/aromatic N) is 1. The summed E-state index contributed by atoms with van der Waals surface area (Å²) >= 11 is 0. The zero-order valence-corrected chi connectivity index (χ0v) is 16.1. The number of hydrogen-bond acceptors (Lipinski definition) is 8. The second-order valence-electron chi connectivity index (χ2n) is 7.35. The van der Waals surface area contributed by atoms with Crippen molar-refractivity contribution in [2.24, 2.45) is 0 Å². The smallest absolute Gasteiger partial charge is 0.303 e. The lowest BCUT2D eigenvalue weighted by atomic mass is 9.86. The first kappa shape index (κ1) is 19.2. The quantitative estimate of drug-likeness (QED) is 0.675. The van der Waals surface area contributed by atoms with Crippen molar-refractivity contribution < 1.29 is 38.1 Å². The zero-order chi connectivity index (χ0) is 20.7. The minimum Gasteiger partial charge on any atom is -0.458 e. The van der Waals surface area contributed by atoms with Gasteiger partial charge in [-0.3, -0.25) is 19.2 Å². The Hall–Kier alpha value is -3.10. The number of ether oxygens (including phenoxy) is 4. The second kappa shape index (κ2) is 7.38. The molecule has 0 unspecified atom stereocenters. The summed E-state index contributed by atoms with van der Waals surface area (Å²) in [4.78, 5) is 51.1. The van der Waals surface area contributed by atoms with E-state index in [9.17, 15) is 19.2 Å². The van der Waals surface area contributed by atoms with E-state index in [4.69, 9.17) is 18.9 Å². The van der Waals surface area contributed by atoms with Crippen molar-refractivity contribution in [1.29, 1.82) is 0 Å². The fourth-order valence-corrected chi connectivity index (χ4v) is 4.12. The van der Waals surface area contributed by atoms with Crippen molar-refractivity contribution >= 4 is 23.6 Å². The molecule has 2 bridgehead atoms. The molecule has 1 amide bonds. The summed E-state index contributed by atoms with van der Waals surface area (Å²) in [7, 11) is 0. The van der Waals surface area contributed by atoms with Crippen LogP contribution in [-0.2, 0) is 35.2 Å². The average Bonchev–Trinajstić information content (AvgIpc) is 3.02. The monoisotopic (exact) mass is 403 g/mol. The number of fused-ring (bicyclic) bond motifs is 6. The largest absolute Gasteiger partial charge is 0.458 e. The Kier molecular flexibility index (Phi) is 4.89. The Bertz CT molecular complexity index is 895. The molecule has 29 heavy (non-hydrogen) atoms. The van der Waals surface area contributed by atoms with Crippen LogP contribution >= 0.6 is 0 Å². The number of carbonyl (C=O) groups excluding carboxylic acids is 4. The summed E-state index contributed by atoms with van der Waals surface area (Å²) in [6.45, 7) is 2.98. The van der Waals surface area contributed by atoms with Crippen LogP contribution in [0.5, 0.6) is 11.5 Å². The molecule has 0 spiro atoms. The highest BCUT2D eigenvalue weighted by molar-refractivity contribution is 5.91. The summed E-state index contributed by atoms with van der Waals surface area (Å²) in [5.74, 6) is -1.40. The van der Waals surface area contributed by atoms with Crippen LogP contribution in [0.2, 0.25) is 0 Å². The molecule has 4 rings (SSSR count). The highest BCUT2D eigenvalue weighted by Gasteiger charge is 2.43. The summed E-state index contributed by atoms with van der Waals surface area (Å²) in [5.41, 5.74) is 1.56. The molecular formula is C20H21NO8. The van der Waals surface area contributed by atoms with Crippen molar-refractivity contribution in [3.05, 3.63) is 23.3 Å². The highest BCUT2D eigenvalue weighted by atomic mass is 16.7. The maximum atomic E-state index is 13.2. The van der Waals surface area contributed by atoms with Gasteiger partial charge < -0.3 is 23.8 Å². The molecule has 1 aromatic carbocycles. The molecule has 1 fully saturated rings. The van der Waals surface area contributed by atoms with Gasteiger partial charge in [0.15, 0.2) is 17.6 Å². The van der Waals surface area contributed by atoms with Gasteiger partial charge in [-0.05, 0) is 29.7 Å². The normalized spacial score (nSPS) is 25.4. The summed E-state index contributed by atoms with van der Waals surface area (Å²) < 4.78 is 21.3. The van der Waals surface area contributed by atoms with Crippen LogP contribution in [0.4, 0.5) is 0 Å². The van der Waals surface area contributed by atoms with Crippen LogP contribution in [0.1, 0.15) is 43.7 Å². The Morgan fingerprint density at radius 1 is 1.07 bits per heavy atom. The first-order valence-electron chi connectivity index (χ1n) is 9.42. The standard InChI is InChI=1S/C20H21NO8/c1-10(22)28-18-7-15(24)13-3-4-21(20(25)19(18)29-11(2)23)8-12-5-16-17(6-14(12)13)27-9-26-16/h5-6,13,18-19H,3-4,7-9H2,1-2H3/t13-,18-,19+/m1/s1. The van der Waals surface area contributed by atoms with Gasteiger partial charge in [0.2, 0.25) is 12.9 Å². The van der Waals surface area contributed by atoms with Gasteiger partial charge in [0.05, 0.1) is 0 Å². The van der Waals surface area contributed by atoms with Crippen molar-refractivity contribution in [3.8, 4) is 11.5 Å².